The smallest absolute Gasteiger partial charge is 0.433 e. The molecule has 1 aromatic heterocycles. The van der Waals surface area contributed by atoms with E-state index in [9.17, 15) is 22.8 Å². The molecule has 0 aliphatic rings. The predicted molar refractivity (Wildman–Crippen MR) is 69.7 cm³/mol. The van der Waals surface area contributed by atoms with E-state index in [1.54, 1.807) is 0 Å². The molecule has 1 heterocycles. The van der Waals surface area contributed by atoms with Crippen LogP contribution in [0.5, 0.6) is 0 Å². The highest BCUT2D eigenvalue weighted by molar-refractivity contribution is 5.96. The molecule has 0 aliphatic heterocycles. The average molecular weight is 316 g/mol. The van der Waals surface area contributed by atoms with Crippen LogP contribution in [0.4, 0.5) is 18.9 Å². The highest BCUT2D eigenvalue weighted by atomic mass is 19.4. The van der Waals surface area contributed by atoms with E-state index in [0.717, 1.165) is 0 Å². The summed E-state index contributed by atoms with van der Waals surface area (Å²) in [5.41, 5.74) is 5.18. The molecule has 7 nitrogen and oxygen atoms in total. The number of benzene rings is 1. The van der Waals surface area contributed by atoms with Gasteiger partial charge in [0.25, 0.3) is 0 Å². The van der Waals surface area contributed by atoms with Gasteiger partial charge in [-0.3, -0.25) is 9.59 Å². The van der Waals surface area contributed by atoms with E-state index in [1.165, 1.54) is 18.2 Å². The topological polar surface area (TPSA) is 110 Å². The Bertz CT molecular complexity index is 711. The van der Waals surface area contributed by atoms with Gasteiger partial charge in [0.2, 0.25) is 11.8 Å². The van der Waals surface area contributed by atoms with Crippen LogP contribution in [-0.2, 0) is 15.8 Å². The standard InChI is InChI=1S/C12H11F3N4O3/c13-12(14,15)11-19-7-3-6(1-2-8(7)22-11)18-10(21)5-17-9(20)4-16/h1-3H,4-5,16H2,(H,17,20)(H,18,21). The Kier molecular flexibility index (Phi) is 4.31. The lowest BCUT2D eigenvalue weighted by molar-refractivity contribution is -0.156. The lowest BCUT2D eigenvalue weighted by Gasteiger charge is -2.05. The lowest BCUT2D eigenvalue weighted by Crippen LogP contribution is -2.36. The van der Waals surface area contributed by atoms with Crippen molar-refractivity contribution in [3.63, 3.8) is 0 Å². The minimum Gasteiger partial charge on any atom is -0.433 e. The zero-order chi connectivity index (χ0) is 16.3. The van der Waals surface area contributed by atoms with Crippen molar-refractivity contribution in [3.8, 4) is 0 Å². The number of fused-ring (bicyclic) bond motifs is 1. The van der Waals surface area contributed by atoms with E-state index in [2.05, 4.69) is 20.0 Å². The molecule has 0 saturated heterocycles. The van der Waals surface area contributed by atoms with Crippen LogP contribution < -0.4 is 16.4 Å². The number of rotatable bonds is 4. The minimum absolute atomic E-state index is 0.0453. The van der Waals surface area contributed by atoms with Crippen molar-refractivity contribution in [2.45, 2.75) is 6.18 Å². The van der Waals surface area contributed by atoms with Crippen LogP contribution in [-0.4, -0.2) is 29.9 Å². The van der Waals surface area contributed by atoms with Gasteiger partial charge in [-0.15, -0.1) is 0 Å². The van der Waals surface area contributed by atoms with E-state index < -0.39 is 23.9 Å². The molecule has 0 saturated carbocycles. The quantitative estimate of drug-likeness (QED) is 0.775. The van der Waals surface area contributed by atoms with Crippen molar-refractivity contribution in [2.75, 3.05) is 18.4 Å². The molecule has 118 valence electrons. The molecule has 0 fully saturated rings. The molecule has 0 radical (unpaired) electrons. The number of nitrogens with one attached hydrogen (secondary N) is 2. The molecule has 0 aliphatic carbocycles. The van der Waals surface area contributed by atoms with Gasteiger partial charge in [0.15, 0.2) is 5.58 Å². The van der Waals surface area contributed by atoms with Gasteiger partial charge in [0.1, 0.15) is 5.52 Å². The number of carbonyl (C=O) groups is 2. The molecular weight excluding hydrogens is 305 g/mol. The fraction of sp³-hybridized carbons (Fsp3) is 0.250. The fourth-order valence-corrected chi connectivity index (χ4v) is 1.58. The zero-order valence-electron chi connectivity index (χ0n) is 11.0. The molecule has 0 atom stereocenters. The predicted octanol–water partition coefficient (Wildman–Crippen LogP) is 0.860. The van der Waals surface area contributed by atoms with Gasteiger partial charge in [0, 0.05) is 5.69 Å². The average Bonchev–Trinajstić information content (AvgIpc) is 2.88. The Labute approximate surface area is 121 Å². The summed E-state index contributed by atoms with van der Waals surface area (Å²) in [6.07, 6.45) is -4.69. The maximum Gasteiger partial charge on any atom is 0.468 e. The van der Waals surface area contributed by atoms with Crippen molar-refractivity contribution < 1.29 is 27.2 Å². The monoisotopic (exact) mass is 316 g/mol. The van der Waals surface area contributed by atoms with Crippen molar-refractivity contribution in [1.82, 2.24) is 10.3 Å². The summed E-state index contributed by atoms with van der Waals surface area (Å²) in [5, 5.41) is 4.66. The first kappa shape index (κ1) is 15.8. The van der Waals surface area contributed by atoms with E-state index in [4.69, 9.17) is 5.73 Å². The molecule has 0 spiro atoms. The first-order chi connectivity index (χ1) is 10.3. The zero-order valence-corrected chi connectivity index (χ0v) is 11.0. The van der Waals surface area contributed by atoms with Gasteiger partial charge in [-0.1, -0.05) is 0 Å². The van der Waals surface area contributed by atoms with E-state index in [-0.39, 0.29) is 29.9 Å². The van der Waals surface area contributed by atoms with E-state index in [1.807, 2.05) is 0 Å². The summed E-state index contributed by atoms with van der Waals surface area (Å²) in [4.78, 5) is 25.7. The number of alkyl halides is 3. The number of halogens is 3. The summed E-state index contributed by atoms with van der Waals surface area (Å²) in [5.74, 6) is -2.42. The molecule has 1 aromatic carbocycles. The SMILES string of the molecule is NCC(=O)NCC(=O)Nc1ccc2oc(C(F)(F)F)nc2c1. The highest BCUT2D eigenvalue weighted by Crippen LogP contribution is 2.31. The summed E-state index contributed by atoms with van der Waals surface area (Å²) in [7, 11) is 0. The third kappa shape index (κ3) is 3.73. The number of carbonyl (C=O) groups excluding carboxylic acids is 2. The van der Waals surface area contributed by atoms with Gasteiger partial charge < -0.3 is 20.8 Å². The molecule has 2 rings (SSSR count). The van der Waals surface area contributed by atoms with Crippen molar-refractivity contribution in [2.24, 2.45) is 5.73 Å². The number of aromatic nitrogens is 1. The van der Waals surface area contributed by atoms with Crippen LogP contribution in [0.3, 0.4) is 0 Å². The number of hydrogen-bond acceptors (Lipinski definition) is 5. The summed E-state index contributed by atoms with van der Waals surface area (Å²) in [6.45, 7) is -0.556. The molecule has 10 heteroatoms. The largest absolute Gasteiger partial charge is 0.468 e. The van der Waals surface area contributed by atoms with Crippen molar-refractivity contribution >= 4 is 28.6 Å². The molecule has 2 aromatic rings. The van der Waals surface area contributed by atoms with Crippen LogP contribution in [0.1, 0.15) is 5.89 Å². The Morgan fingerprint density at radius 2 is 2.00 bits per heavy atom. The van der Waals surface area contributed by atoms with E-state index in [0.29, 0.717) is 0 Å². The number of amides is 2. The Hall–Kier alpha value is -2.62. The maximum atomic E-state index is 12.5. The Balaban J connectivity index is 2.09. The highest BCUT2D eigenvalue weighted by Gasteiger charge is 2.37. The third-order valence-corrected chi connectivity index (χ3v) is 2.55. The van der Waals surface area contributed by atoms with Crippen LogP contribution in [0.25, 0.3) is 11.1 Å². The summed E-state index contributed by atoms with van der Waals surface area (Å²) >= 11 is 0. The van der Waals surface area contributed by atoms with Gasteiger partial charge in [0.05, 0.1) is 13.1 Å². The number of oxazole rings is 1. The first-order valence-electron chi connectivity index (χ1n) is 6.04. The van der Waals surface area contributed by atoms with Crippen molar-refractivity contribution in [1.29, 1.82) is 0 Å². The van der Waals surface area contributed by atoms with Gasteiger partial charge >= 0.3 is 12.1 Å². The molecule has 2 amide bonds. The second kappa shape index (κ2) is 6.02. The van der Waals surface area contributed by atoms with Gasteiger partial charge in [-0.2, -0.15) is 13.2 Å². The Morgan fingerprint density at radius 1 is 1.27 bits per heavy atom. The number of nitrogens with zero attached hydrogens (tertiary/aromatic N) is 1. The normalized spacial score (nSPS) is 11.5. The van der Waals surface area contributed by atoms with Gasteiger partial charge in [-0.05, 0) is 18.2 Å². The third-order valence-electron chi connectivity index (χ3n) is 2.55. The molecule has 22 heavy (non-hydrogen) atoms. The van der Waals surface area contributed by atoms with Gasteiger partial charge in [-0.25, -0.2) is 4.98 Å². The van der Waals surface area contributed by atoms with Crippen LogP contribution >= 0.6 is 0 Å². The Morgan fingerprint density at radius 3 is 2.64 bits per heavy atom. The van der Waals surface area contributed by atoms with E-state index >= 15 is 0 Å². The summed E-state index contributed by atoms with van der Waals surface area (Å²) < 4.78 is 42.0. The fourth-order valence-electron chi connectivity index (χ4n) is 1.58. The number of hydrogen-bond donors (Lipinski definition) is 3. The molecule has 0 unspecified atom stereocenters. The molecule has 0 bridgehead atoms. The van der Waals surface area contributed by atoms with Crippen LogP contribution in [0.2, 0.25) is 0 Å². The second-order valence-electron chi connectivity index (χ2n) is 4.23. The molecular formula is C12H11F3N4O3. The van der Waals surface area contributed by atoms with Crippen LogP contribution in [0, 0.1) is 0 Å². The summed E-state index contributed by atoms with van der Waals surface area (Å²) in [6, 6.07) is 3.85. The number of nitrogens with two attached hydrogens (primary N) is 1. The van der Waals surface area contributed by atoms with Crippen molar-refractivity contribution in [3.05, 3.63) is 24.1 Å². The number of anilines is 1. The molecule has 4 N–H and O–H groups in total. The minimum atomic E-state index is -4.69. The first-order valence-corrected chi connectivity index (χ1v) is 6.04. The maximum absolute atomic E-state index is 12.5. The lowest BCUT2D eigenvalue weighted by atomic mass is 10.3. The van der Waals surface area contributed by atoms with Crippen LogP contribution in [0.15, 0.2) is 22.6 Å². The second-order valence-corrected chi connectivity index (χ2v) is 4.23.